The smallest absolute Gasteiger partial charge is 0.306 e. The molecule has 0 saturated heterocycles. The molecule has 430 valence electrons. The van der Waals surface area contributed by atoms with Crippen molar-refractivity contribution in [2.24, 2.45) is 0 Å². The molecule has 0 aromatic rings. The van der Waals surface area contributed by atoms with Crippen LogP contribution in [0.5, 0.6) is 0 Å². The Morgan fingerprint density at radius 1 is 0.260 bits per heavy atom. The molecule has 0 aliphatic carbocycles. The van der Waals surface area contributed by atoms with Crippen LogP contribution in [0, 0.1) is 0 Å². The van der Waals surface area contributed by atoms with E-state index in [1.807, 2.05) is 0 Å². The van der Waals surface area contributed by atoms with Crippen molar-refractivity contribution >= 4 is 17.9 Å². The molecule has 0 radical (unpaired) electrons. The maximum Gasteiger partial charge on any atom is 0.306 e. The number of carbonyl (C=O) groups is 3. The molecule has 0 saturated carbocycles. The highest BCUT2D eigenvalue weighted by Crippen LogP contribution is 2.18. The van der Waals surface area contributed by atoms with E-state index in [0.29, 0.717) is 19.3 Å². The van der Waals surface area contributed by atoms with E-state index in [1.165, 1.54) is 263 Å². The van der Waals surface area contributed by atoms with Crippen molar-refractivity contribution < 1.29 is 28.6 Å². The van der Waals surface area contributed by atoms with Crippen molar-refractivity contribution in [2.45, 2.75) is 374 Å². The average Bonchev–Trinajstić information content (AvgIpc) is 3.39. The summed E-state index contributed by atoms with van der Waals surface area (Å²) in [5.41, 5.74) is 0. The fraction of sp³-hybridized carbons (Fsp3) is 0.896. The zero-order valence-corrected chi connectivity index (χ0v) is 49.4. The zero-order valence-electron chi connectivity index (χ0n) is 49.4. The second-order valence-electron chi connectivity index (χ2n) is 22.4. The van der Waals surface area contributed by atoms with Crippen LogP contribution in [0.15, 0.2) is 24.3 Å². The Kier molecular flexibility index (Phi) is 60.6. The molecular formula is C67H126O6. The van der Waals surface area contributed by atoms with E-state index in [0.717, 1.165) is 64.2 Å². The third-order valence-electron chi connectivity index (χ3n) is 14.9. The van der Waals surface area contributed by atoms with Crippen molar-refractivity contribution in [3.8, 4) is 0 Å². The Balaban J connectivity index is 4.04. The Labute approximate surface area is 455 Å². The maximum atomic E-state index is 12.8. The summed E-state index contributed by atoms with van der Waals surface area (Å²) in [5, 5.41) is 0. The van der Waals surface area contributed by atoms with Crippen molar-refractivity contribution in [1.29, 1.82) is 0 Å². The predicted octanol–water partition coefficient (Wildman–Crippen LogP) is 22.2. The standard InChI is InChI=1S/C67H126O6/c1-4-7-10-13-16-19-22-24-25-26-27-28-29-30-31-32-33-34-35-36-37-38-39-40-41-43-45-48-51-54-57-60-66(69)72-63-64(62-71-65(68)59-56-53-50-47-44-21-18-15-12-9-6-3)73-67(70)61-58-55-52-49-46-42-23-20-17-14-11-8-5-2/h15,18,26-27,64H,4-14,16-17,19-25,28-63H2,1-3H3/b18-15-,27-26-. The lowest BCUT2D eigenvalue weighted by molar-refractivity contribution is -0.167. The molecule has 0 aromatic heterocycles. The average molecular weight is 1030 g/mol. The van der Waals surface area contributed by atoms with E-state index in [1.54, 1.807) is 0 Å². The van der Waals surface area contributed by atoms with Crippen LogP contribution in [0.4, 0.5) is 0 Å². The van der Waals surface area contributed by atoms with Gasteiger partial charge in [0.15, 0.2) is 6.10 Å². The fourth-order valence-electron chi connectivity index (χ4n) is 9.95. The number of hydrogen-bond donors (Lipinski definition) is 0. The summed E-state index contributed by atoms with van der Waals surface area (Å²) >= 11 is 0. The summed E-state index contributed by atoms with van der Waals surface area (Å²) in [4.78, 5) is 38.1. The third-order valence-corrected chi connectivity index (χ3v) is 14.9. The zero-order chi connectivity index (χ0) is 52.9. The van der Waals surface area contributed by atoms with Crippen molar-refractivity contribution in [3.63, 3.8) is 0 Å². The Bertz CT molecular complexity index is 1180. The molecule has 0 heterocycles. The highest BCUT2D eigenvalue weighted by atomic mass is 16.6. The van der Waals surface area contributed by atoms with E-state index in [2.05, 4.69) is 45.1 Å². The van der Waals surface area contributed by atoms with Gasteiger partial charge in [0.1, 0.15) is 13.2 Å². The second-order valence-corrected chi connectivity index (χ2v) is 22.4. The van der Waals surface area contributed by atoms with Crippen molar-refractivity contribution in [3.05, 3.63) is 24.3 Å². The van der Waals surface area contributed by atoms with Gasteiger partial charge in [-0.25, -0.2) is 0 Å². The minimum absolute atomic E-state index is 0.0680. The number of hydrogen-bond acceptors (Lipinski definition) is 6. The van der Waals surface area contributed by atoms with Crippen LogP contribution in [0.2, 0.25) is 0 Å². The molecular weight excluding hydrogens is 901 g/mol. The van der Waals surface area contributed by atoms with E-state index >= 15 is 0 Å². The predicted molar refractivity (Wildman–Crippen MR) is 316 cm³/mol. The van der Waals surface area contributed by atoms with Gasteiger partial charge in [0.05, 0.1) is 0 Å². The molecule has 0 fully saturated rings. The molecule has 0 bridgehead atoms. The summed E-state index contributed by atoms with van der Waals surface area (Å²) in [6.07, 6.45) is 75.0. The third kappa shape index (κ3) is 60.6. The summed E-state index contributed by atoms with van der Waals surface area (Å²) in [6, 6.07) is 0. The number of allylic oxidation sites excluding steroid dienone is 4. The molecule has 6 nitrogen and oxygen atoms in total. The first-order valence-electron chi connectivity index (χ1n) is 32.8. The molecule has 0 rings (SSSR count). The van der Waals surface area contributed by atoms with Gasteiger partial charge in [0.25, 0.3) is 0 Å². The Morgan fingerprint density at radius 3 is 0.726 bits per heavy atom. The fourth-order valence-corrected chi connectivity index (χ4v) is 9.95. The topological polar surface area (TPSA) is 78.9 Å². The minimum atomic E-state index is -0.769. The van der Waals surface area contributed by atoms with Gasteiger partial charge in [-0.1, -0.05) is 308 Å². The molecule has 6 heteroatoms. The number of esters is 3. The lowest BCUT2D eigenvalue weighted by Crippen LogP contribution is -2.30. The molecule has 1 atom stereocenters. The van der Waals surface area contributed by atoms with E-state index in [-0.39, 0.29) is 31.1 Å². The van der Waals surface area contributed by atoms with E-state index in [9.17, 15) is 14.4 Å². The van der Waals surface area contributed by atoms with Crippen LogP contribution in [0.3, 0.4) is 0 Å². The lowest BCUT2D eigenvalue weighted by atomic mass is 10.0. The number of carbonyl (C=O) groups excluding carboxylic acids is 3. The van der Waals surface area contributed by atoms with Gasteiger partial charge in [-0.05, 0) is 64.2 Å². The Hall–Kier alpha value is -2.11. The summed E-state index contributed by atoms with van der Waals surface area (Å²) in [6.45, 7) is 6.65. The van der Waals surface area contributed by atoms with E-state index in [4.69, 9.17) is 14.2 Å². The van der Waals surface area contributed by atoms with Crippen LogP contribution >= 0.6 is 0 Å². The molecule has 0 aliphatic rings. The van der Waals surface area contributed by atoms with Gasteiger partial charge in [-0.2, -0.15) is 0 Å². The number of unbranched alkanes of at least 4 members (excludes halogenated alkanes) is 46. The normalized spacial score (nSPS) is 12.1. The van der Waals surface area contributed by atoms with Gasteiger partial charge < -0.3 is 14.2 Å². The van der Waals surface area contributed by atoms with Crippen molar-refractivity contribution in [1.82, 2.24) is 0 Å². The van der Waals surface area contributed by atoms with Crippen LogP contribution < -0.4 is 0 Å². The molecule has 0 aromatic carbocycles. The number of rotatable bonds is 61. The molecule has 0 aliphatic heterocycles. The Morgan fingerprint density at radius 2 is 0.466 bits per heavy atom. The first-order valence-corrected chi connectivity index (χ1v) is 32.8. The maximum absolute atomic E-state index is 12.8. The first-order chi connectivity index (χ1) is 36.0. The van der Waals surface area contributed by atoms with Crippen LogP contribution in [-0.2, 0) is 28.6 Å². The lowest BCUT2D eigenvalue weighted by Gasteiger charge is -2.18. The molecule has 0 spiro atoms. The monoisotopic (exact) mass is 1030 g/mol. The molecule has 73 heavy (non-hydrogen) atoms. The molecule has 1 unspecified atom stereocenters. The number of ether oxygens (including phenoxy) is 3. The quantitative estimate of drug-likeness (QED) is 0.0261. The highest BCUT2D eigenvalue weighted by molar-refractivity contribution is 5.71. The largest absolute Gasteiger partial charge is 0.462 e. The highest BCUT2D eigenvalue weighted by Gasteiger charge is 2.19. The van der Waals surface area contributed by atoms with Crippen LogP contribution in [-0.4, -0.2) is 37.2 Å². The van der Waals surface area contributed by atoms with Crippen LogP contribution in [0.1, 0.15) is 367 Å². The van der Waals surface area contributed by atoms with E-state index < -0.39 is 6.10 Å². The van der Waals surface area contributed by atoms with Crippen LogP contribution in [0.25, 0.3) is 0 Å². The van der Waals surface area contributed by atoms with Gasteiger partial charge in [0, 0.05) is 19.3 Å². The summed E-state index contributed by atoms with van der Waals surface area (Å²) in [5.74, 6) is -0.855. The minimum Gasteiger partial charge on any atom is -0.462 e. The second kappa shape index (κ2) is 62.4. The van der Waals surface area contributed by atoms with Gasteiger partial charge >= 0.3 is 17.9 Å². The summed E-state index contributed by atoms with van der Waals surface area (Å²) in [7, 11) is 0. The van der Waals surface area contributed by atoms with Gasteiger partial charge in [-0.15, -0.1) is 0 Å². The molecule has 0 amide bonds. The first kappa shape index (κ1) is 70.9. The van der Waals surface area contributed by atoms with Gasteiger partial charge in [0.2, 0.25) is 0 Å². The SMILES string of the molecule is CCCC/C=C\CCCCCCCC(=O)OCC(COC(=O)CCCCCCCCCCCCCCCCCCCCC/C=C\CCCCCCCCCC)OC(=O)CCCCCCCCCCCCCCC. The summed E-state index contributed by atoms with van der Waals surface area (Å²) < 4.78 is 16.9. The van der Waals surface area contributed by atoms with Crippen molar-refractivity contribution in [2.75, 3.05) is 13.2 Å². The van der Waals surface area contributed by atoms with Gasteiger partial charge in [-0.3, -0.25) is 14.4 Å². The molecule has 0 N–H and O–H groups in total.